The predicted molar refractivity (Wildman–Crippen MR) is 136 cm³/mol. The molecule has 0 fully saturated rings. The summed E-state index contributed by atoms with van der Waals surface area (Å²) >= 11 is 0. The van der Waals surface area contributed by atoms with Crippen molar-refractivity contribution in [1.29, 1.82) is 5.26 Å². The number of hydrogen-bond acceptors (Lipinski definition) is 7. The number of aliphatic hydroxyl groups is 1. The van der Waals surface area contributed by atoms with Crippen molar-refractivity contribution in [3.63, 3.8) is 0 Å². The second kappa shape index (κ2) is 12.3. The molecule has 1 heterocycles. The number of fused-ring (bicyclic) bond motifs is 1. The topological polar surface area (TPSA) is 149 Å². The Morgan fingerprint density at radius 1 is 1.19 bits per heavy atom. The highest BCUT2D eigenvalue weighted by Crippen LogP contribution is 2.35. The number of rotatable bonds is 13. The summed E-state index contributed by atoms with van der Waals surface area (Å²) in [5.74, 6) is 0.750. The van der Waals surface area contributed by atoms with E-state index in [0.717, 1.165) is 5.56 Å². The molecule has 0 aliphatic carbocycles. The van der Waals surface area contributed by atoms with E-state index in [9.17, 15) is 23.4 Å². The van der Waals surface area contributed by atoms with Crippen LogP contribution >= 0.6 is 0 Å². The molecule has 3 N–H and O–H groups in total. The monoisotopic (exact) mass is 531 g/mol. The average Bonchev–Trinajstić information content (AvgIpc) is 3.31. The Balaban J connectivity index is 1.90. The molecule has 2 aromatic carbocycles. The van der Waals surface area contributed by atoms with Crippen LogP contribution < -0.4 is 14.8 Å². The fourth-order valence-electron chi connectivity index (χ4n) is 4.28. The van der Waals surface area contributed by atoms with Crippen LogP contribution in [-0.4, -0.2) is 61.1 Å². The maximum atomic E-state index is 13.8. The number of benzene rings is 2. The maximum Gasteiger partial charge on any atom is 0.404 e. The highest BCUT2D eigenvalue weighted by atomic mass is 32.2. The van der Waals surface area contributed by atoms with E-state index < -0.39 is 33.7 Å². The summed E-state index contributed by atoms with van der Waals surface area (Å²) in [5, 5.41) is 31.8. The molecule has 0 saturated carbocycles. The number of unbranched alkanes of at least 4 members (excludes halogenated alkanes) is 1. The standard InChI is InChI=1S/C26H33N3O7S/c1-26(2,12-6-7-13-27)17-29(37(33,34)20-10-11-23-24(15-20)36-18-35-23)16-22(30)21(28-25(31)32)14-19-8-4-3-5-9-19/h3-5,8-11,15,21-22,28,30H,6-7,12,14,16-18H2,1-2H3,(H,31,32). The van der Waals surface area contributed by atoms with E-state index in [-0.39, 0.29) is 31.2 Å². The summed E-state index contributed by atoms with van der Waals surface area (Å²) in [5.41, 5.74) is 0.275. The molecular formula is C26H33N3O7S. The van der Waals surface area contributed by atoms with E-state index in [1.165, 1.54) is 22.5 Å². The van der Waals surface area contributed by atoms with Crippen molar-refractivity contribution in [1.82, 2.24) is 9.62 Å². The van der Waals surface area contributed by atoms with Gasteiger partial charge in [-0.25, -0.2) is 13.2 Å². The highest BCUT2D eigenvalue weighted by molar-refractivity contribution is 7.89. The smallest absolute Gasteiger partial charge is 0.404 e. The van der Waals surface area contributed by atoms with Crippen molar-refractivity contribution >= 4 is 16.1 Å². The SMILES string of the molecule is CC(C)(CCCC#N)CN(CC(O)C(Cc1ccccc1)NC(=O)O)S(=O)(=O)c1ccc2c(c1)OCO2. The largest absolute Gasteiger partial charge is 0.465 e. The Hall–Kier alpha value is -3.33. The minimum Gasteiger partial charge on any atom is -0.465 e. The molecule has 1 aliphatic rings. The number of ether oxygens (including phenoxy) is 2. The summed E-state index contributed by atoms with van der Waals surface area (Å²) in [6.45, 7) is 3.51. The molecule has 10 nitrogen and oxygen atoms in total. The third-order valence-electron chi connectivity index (χ3n) is 6.19. The van der Waals surface area contributed by atoms with Gasteiger partial charge in [-0.2, -0.15) is 9.57 Å². The first-order chi connectivity index (χ1) is 17.5. The normalized spacial score (nSPS) is 14.7. The highest BCUT2D eigenvalue weighted by Gasteiger charge is 2.35. The van der Waals surface area contributed by atoms with Gasteiger partial charge in [-0.3, -0.25) is 0 Å². The Labute approximate surface area is 217 Å². The van der Waals surface area contributed by atoms with E-state index in [4.69, 9.17) is 14.7 Å². The van der Waals surface area contributed by atoms with Crippen molar-refractivity contribution in [2.24, 2.45) is 5.41 Å². The van der Waals surface area contributed by atoms with Gasteiger partial charge in [0.1, 0.15) is 0 Å². The van der Waals surface area contributed by atoms with Gasteiger partial charge in [-0.15, -0.1) is 0 Å². The van der Waals surface area contributed by atoms with Gasteiger partial charge >= 0.3 is 6.09 Å². The minimum atomic E-state index is -4.12. The van der Waals surface area contributed by atoms with Crippen LogP contribution in [0.1, 0.15) is 38.7 Å². The molecule has 0 bridgehead atoms. The lowest BCUT2D eigenvalue weighted by atomic mass is 9.87. The third kappa shape index (κ3) is 7.82. The molecule has 11 heteroatoms. The Kier molecular flexibility index (Phi) is 9.37. The van der Waals surface area contributed by atoms with E-state index in [0.29, 0.717) is 30.8 Å². The lowest BCUT2D eigenvalue weighted by molar-refractivity contribution is 0.0904. The van der Waals surface area contributed by atoms with Crippen molar-refractivity contribution < 1.29 is 32.9 Å². The number of carbonyl (C=O) groups is 1. The first-order valence-electron chi connectivity index (χ1n) is 12.0. The molecular weight excluding hydrogens is 498 g/mol. The van der Waals surface area contributed by atoms with Gasteiger partial charge in [0.2, 0.25) is 16.8 Å². The molecule has 2 aromatic rings. The number of nitriles is 1. The molecule has 2 atom stereocenters. The van der Waals surface area contributed by atoms with Gasteiger partial charge in [-0.1, -0.05) is 44.2 Å². The third-order valence-corrected chi connectivity index (χ3v) is 8.00. The number of aliphatic hydroxyl groups excluding tert-OH is 1. The Morgan fingerprint density at radius 3 is 2.57 bits per heavy atom. The second-order valence-corrected chi connectivity index (χ2v) is 11.7. The van der Waals surface area contributed by atoms with Gasteiger partial charge < -0.3 is 25.0 Å². The summed E-state index contributed by atoms with van der Waals surface area (Å²) in [4.78, 5) is 11.5. The lowest BCUT2D eigenvalue weighted by Crippen LogP contribution is -2.51. The van der Waals surface area contributed by atoms with E-state index in [1.807, 2.05) is 32.0 Å². The fraction of sp³-hybridized carbons (Fsp3) is 0.462. The van der Waals surface area contributed by atoms with Gasteiger partial charge in [0.05, 0.1) is 23.1 Å². The Morgan fingerprint density at radius 2 is 1.89 bits per heavy atom. The van der Waals surface area contributed by atoms with Crippen LogP contribution in [0.4, 0.5) is 4.79 Å². The molecule has 0 aromatic heterocycles. The molecule has 1 amide bonds. The first kappa shape index (κ1) is 28.2. The van der Waals surface area contributed by atoms with Gasteiger partial charge in [0.25, 0.3) is 0 Å². The van der Waals surface area contributed by atoms with Crippen molar-refractivity contribution in [3.05, 3.63) is 54.1 Å². The maximum absolute atomic E-state index is 13.8. The van der Waals surface area contributed by atoms with Crippen LogP contribution in [0.2, 0.25) is 0 Å². The number of amides is 1. The van der Waals surface area contributed by atoms with E-state index in [1.54, 1.807) is 12.1 Å². The van der Waals surface area contributed by atoms with E-state index in [2.05, 4.69) is 11.4 Å². The zero-order chi connectivity index (χ0) is 27.1. The molecule has 200 valence electrons. The fourth-order valence-corrected chi connectivity index (χ4v) is 5.94. The molecule has 3 rings (SSSR count). The number of hydrogen-bond donors (Lipinski definition) is 3. The predicted octanol–water partition coefficient (Wildman–Crippen LogP) is 3.37. The number of nitrogens with one attached hydrogen (secondary N) is 1. The Bertz CT molecular complexity index is 1210. The zero-order valence-corrected chi connectivity index (χ0v) is 21.8. The summed E-state index contributed by atoms with van der Waals surface area (Å²) in [6.07, 6.45) is -0.941. The summed E-state index contributed by atoms with van der Waals surface area (Å²) in [6, 6.07) is 14.5. The van der Waals surface area contributed by atoms with Gasteiger partial charge in [0, 0.05) is 25.6 Å². The van der Waals surface area contributed by atoms with Crippen LogP contribution in [0.25, 0.3) is 0 Å². The van der Waals surface area contributed by atoms with Crippen LogP contribution in [0.15, 0.2) is 53.4 Å². The van der Waals surface area contributed by atoms with Gasteiger partial charge in [0.15, 0.2) is 11.5 Å². The lowest BCUT2D eigenvalue weighted by Gasteiger charge is -2.35. The molecule has 0 spiro atoms. The summed E-state index contributed by atoms with van der Waals surface area (Å²) < 4.78 is 39.4. The van der Waals surface area contributed by atoms with Crippen LogP contribution in [0, 0.1) is 16.7 Å². The number of carboxylic acid groups (broad SMARTS) is 1. The molecule has 1 aliphatic heterocycles. The van der Waals surface area contributed by atoms with Crippen molar-refractivity contribution in [2.75, 3.05) is 19.9 Å². The minimum absolute atomic E-state index is 0.00475. The van der Waals surface area contributed by atoms with Gasteiger partial charge in [-0.05, 0) is 42.4 Å². The summed E-state index contributed by atoms with van der Waals surface area (Å²) in [7, 11) is -4.12. The van der Waals surface area contributed by atoms with Crippen LogP contribution in [0.5, 0.6) is 11.5 Å². The second-order valence-electron chi connectivity index (χ2n) is 9.80. The zero-order valence-electron chi connectivity index (χ0n) is 21.0. The average molecular weight is 532 g/mol. The molecule has 0 saturated heterocycles. The van der Waals surface area contributed by atoms with Crippen LogP contribution in [0.3, 0.4) is 0 Å². The number of nitrogens with zero attached hydrogens (tertiary/aromatic N) is 2. The van der Waals surface area contributed by atoms with Crippen LogP contribution in [-0.2, 0) is 16.4 Å². The van der Waals surface area contributed by atoms with Crippen molar-refractivity contribution in [2.45, 2.75) is 56.6 Å². The quantitative estimate of drug-likeness (QED) is 0.333. The molecule has 2 unspecified atom stereocenters. The molecule has 0 radical (unpaired) electrons. The van der Waals surface area contributed by atoms with Crippen molar-refractivity contribution in [3.8, 4) is 17.6 Å². The van der Waals surface area contributed by atoms with E-state index >= 15 is 0 Å². The number of sulfonamides is 1. The molecule has 37 heavy (non-hydrogen) atoms. The first-order valence-corrected chi connectivity index (χ1v) is 13.4.